The monoisotopic (exact) mass is 360 g/mol. The highest BCUT2D eigenvalue weighted by molar-refractivity contribution is 9.10. The summed E-state index contributed by atoms with van der Waals surface area (Å²) >= 11 is 5.12. The maximum atomic E-state index is 4.26. The van der Waals surface area contributed by atoms with Crippen molar-refractivity contribution >= 4 is 27.7 Å². The zero-order chi connectivity index (χ0) is 14.7. The first-order valence-electron chi connectivity index (χ1n) is 6.41. The lowest BCUT2D eigenvalue weighted by atomic mass is 10.2. The first-order chi connectivity index (χ1) is 10.2. The van der Waals surface area contributed by atoms with Crippen LogP contribution in [0.2, 0.25) is 0 Å². The van der Waals surface area contributed by atoms with Crippen molar-refractivity contribution < 1.29 is 0 Å². The molecule has 106 valence electrons. The zero-order valence-corrected chi connectivity index (χ0v) is 13.8. The van der Waals surface area contributed by atoms with E-state index >= 15 is 0 Å². The fourth-order valence-electron chi connectivity index (χ4n) is 1.92. The van der Waals surface area contributed by atoms with Crippen LogP contribution in [0.3, 0.4) is 0 Å². The van der Waals surface area contributed by atoms with Gasteiger partial charge in [0.25, 0.3) is 0 Å². The summed E-state index contributed by atoms with van der Waals surface area (Å²) in [6.45, 7) is 0. The number of hydrogen-bond acceptors (Lipinski definition) is 4. The lowest BCUT2D eigenvalue weighted by molar-refractivity contribution is 0.793. The topological polar surface area (TPSA) is 43.6 Å². The number of benzene rings is 1. The molecule has 0 saturated carbocycles. The molecule has 3 aromatic rings. The Balaban J connectivity index is 1.75. The standard InChI is InChI=1S/C15H13BrN4S/c1-20-14(12-3-2-8-17-9-12)18-19-15(20)21-10-11-4-6-13(16)7-5-11/h2-9H,10H2,1H3. The Labute approximate surface area is 135 Å². The van der Waals surface area contributed by atoms with E-state index in [9.17, 15) is 0 Å². The van der Waals surface area contributed by atoms with Crippen LogP contribution in [0.1, 0.15) is 5.56 Å². The molecule has 0 atom stereocenters. The summed E-state index contributed by atoms with van der Waals surface area (Å²) in [5.41, 5.74) is 2.23. The van der Waals surface area contributed by atoms with Crippen molar-refractivity contribution in [2.24, 2.45) is 7.05 Å². The van der Waals surface area contributed by atoms with E-state index in [-0.39, 0.29) is 0 Å². The van der Waals surface area contributed by atoms with E-state index in [0.717, 1.165) is 26.8 Å². The Morgan fingerprint density at radius 2 is 1.95 bits per heavy atom. The number of pyridine rings is 1. The lowest BCUT2D eigenvalue weighted by Gasteiger charge is -2.04. The van der Waals surface area contributed by atoms with Crippen molar-refractivity contribution in [2.45, 2.75) is 10.9 Å². The van der Waals surface area contributed by atoms with Gasteiger partial charge in [-0.1, -0.05) is 39.8 Å². The average Bonchev–Trinajstić information content (AvgIpc) is 2.89. The molecule has 2 aromatic heterocycles. The highest BCUT2D eigenvalue weighted by atomic mass is 79.9. The van der Waals surface area contributed by atoms with E-state index in [1.165, 1.54) is 5.56 Å². The molecule has 2 heterocycles. The third-order valence-corrected chi connectivity index (χ3v) is 4.66. The quantitative estimate of drug-likeness (QED) is 0.661. The van der Waals surface area contributed by atoms with E-state index in [1.54, 1.807) is 24.2 Å². The molecule has 6 heteroatoms. The Morgan fingerprint density at radius 1 is 1.14 bits per heavy atom. The summed E-state index contributed by atoms with van der Waals surface area (Å²) in [5, 5.41) is 9.42. The fraction of sp³-hybridized carbons (Fsp3) is 0.133. The molecule has 1 aromatic carbocycles. The van der Waals surface area contributed by atoms with Gasteiger partial charge < -0.3 is 4.57 Å². The summed E-state index contributed by atoms with van der Waals surface area (Å²) in [7, 11) is 1.98. The molecule has 0 fully saturated rings. The summed E-state index contributed by atoms with van der Waals surface area (Å²) < 4.78 is 3.09. The van der Waals surface area contributed by atoms with Crippen LogP contribution in [-0.4, -0.2) is 19.7 Å². The highest BCUT2D eigenvalue weighted by Gasteiger charge is 2.11. The molecule has 3 rings (SSSR count). The van der Waals surface area contributed by atoms with Crippen molar-refractivity contribution in [2.75, 3.05) is 0 Å². The average molecular weight is 361 g/mol. The van der Waals surface area contributed by atoms with Gasteiger partial charge in [-0.15, -0.1) is 10.2 Å². The third kappa shape index (κ3) is 3.33. The van der Waals surface area contributed by atoms with Gasteiger partial charge in [-0.25, -0.2) is 0 Å². The molecule has 0 amide bonds. The lowest BCUT2D eigenvalue weighted by Crippen LogP contribution is -1.95. The molecule has 0 N–H and O–H groups in total. The molecule has 0 aliphatic rings. The van der Waals surface area contributed by atoms with Crippen LogP contribution in [0.5, 0.6) is 0 Å². The van der Waals surface area contributed by atoms with Crippen LogP contribution < -0.4 is 0 Å². The van der Waals surface area contributed by atoms with Crippen LogP contribution in [0.25, 0.3) is 11.4 Å². The van der Waals surface area contributed by atoms with Crippen molar-refractivity contribution in [3.8, 4) is 11.4 Å². The smallest absolute Gasteiger partial charge is 0.191 e. The minimum atomic E-state index is 0.835. The third-order valence-electron chi connectivity index (χ3n) is 3.04. The van der Waals surface area contributed by atoms with Gasteiger partial charge in [-0.3, -0.25) is 4.98 Å². The van der Waals surface area contributed by atoms with Crippen LogP contribution in [0.15, 0.2) is 58.4 Å². The second kappa shape index (κ2) is 6.41. The Bertz CT molecular complexity index is 725. The van der Waals surface area contributed by atoms with Gasteiger partial charge in [-0.05, 0) is 29.8 Å². The largest absolute Gasteiger partial charge is 0.305 e. The summed E-state index contributed by atoms with van der Waals surface area (Å²) in [6.07, 6.45) is 3.55. The molecule has 0 radical (unpaired) electrons. The van der Waals surface area contributed by atoms with E-state index in [0.29, 0.717) is 0 Å². The van der Waals surface area contributed by atoms with Crippen LogP contribution in [0.4, 0.5) is 0 Å². The van der Waals surface area contributed by atoms with Crippen LogP contribution >= 0.6 is 27.7 Å². The SMILES string of the molecule is Cn1c(SCc2ccc(Br)cc2)nnc1-c1cccnc1. The van der Waals surface area contributed by atoms with Crippen molar-refractivity contribution in [1.29, 1.82) is 0 Å². The molecule has 0 bridgehead atoms. The van der Waals surface area contributed by atoms with Gasteiger partial charge >= 0.3 is 0 Å². The summed E-state index contributed by atoms with van der Waals surface area (Å²) in [6, 6.07) is 12.2. The molecule has 4 nitrogen and oxygen atoms in total. The Hall–Kier alpha value is -1.66. The Morgan fingerprint density at radius 3 is 2.67 bits per heavy atom. The second-order valence-corrected chi connectivity index (χ2v) is 6.38. The number of thioether (sulfide) groups is 1. The molecular weight excluding hydrogens is 348 g/mol. The maximum absolute atomic E-state index is 4.26. The fourth-order valence-corrected chi connectivity index (χ4v) is 3.05. The van der Waals surface area contributed by atoms with Gasteiger partial charge in [-0.2, -0.15) is 0 Å². The minimum absolute atomic E-state index is 0.835. The van der Waals surface area contributed by atoms with E-state index < -0.39 is 0 Å². The number of rotatable bonds is 4. The van der Waals surface area contributed by atoms with Gasteiger partial charge in [0.05, 0.1) is 0 Å². The van der Waals surface area contributed by atoms with Crippen molar-refractivity contribution in [1.82, 2.24) is 19.7 Å². The molecule has 0 unspecified atom stereocenters. The molecule has 0 spiro atoms. The number of nitrogens with zero attached hydrogens (tertiary/aromatic N) is 4. The summed E-state index contributed by atoms with van der Waals surface area (Å²) in [5.74, 6) is 1.70. The van der Waals surface area contributed by atoms with E-state index in [4.69, 9.17) is 0 Å². The van der Waals surface area contributed by atoms with Crippen molar-refractivity contribution in [3.05, 3.63) is 58.8 Å². The van der Waals surface area contributed by atoms with Gasteiger partial charge in [0.15, 0.2) is 11.0 Å². The van der Waals surface area contributed by atoms with Crippen LogP contribution in [0, 0.1) is 0 Å². The zero-order valence-electron chi connectivity index (χ0n) is 11.4. The minimum Gasteiger partial charge on any atom is -0.305 e. The molecule has 21 heavy (non-hydrogen) atoms. The van der Waals surface area contributed by atoms with Gasteiger partial charge in [0.1, 0.15) is 0 Å². The number of aromatic nitrogens is 4. The number of halogens is 1. The van der Waals surface area contributed by atoms with Crippen LogP contribution in [-0.2, 0) is 12.8 Å². The van der Waals surface area contributed by atoms with E-state index in [2.05, 4.69) is 43.2 Å². The molecule has 0 aliphatic heterocycles. The predicted molar refractivity (Wildman–Crippen MR) is 87.9 cm³/mol. The van der Waals surface area contributed by atoms with Gasteiger partial charge in [0.2, 0.25) is 0 Å². The first kappa shape index (κ1) is 14.3. The van der Waals surface area contributed by atoms with Crippen molar-refractivity contribution in [3.63, 3.8) is 0 Å². The van der Waals surface area contributed by atoms with E-state index in [1.807, 2.05) is 35.9 Å². The second-order valence-electron chi connectivity index (χ2n) is 4.52. The normalized spacial score (nSPS) is 10.8. The predicted octanol–water partition coefficient (Wildman–Crippen LogP) is 3.93. The molecular formula is C15H13BrN4S. The number of hydrogen-bond donors (Lipinski definition) is 0. The highest BCUT2D eigenvalue weighted by Crippen LogP contribution is 2.25. The Kier molecular flexibility index (Phi) is 4.36. The molecule has 0 aliphatic carbocycles. The van der Waals surface area contributed by atoms with Gasteiger partial charge in [0, 0.05) is 35.2 Å². The maximum Gasteiger partial charge on any atom is 0.191 e. The first-order valence-corrected chi connectivity index (χ1v) is 8.19. The molecule has 0 saturated heterocycles. The summed E-state index contributed by atoms with van der Waals surface area (Å²) in [4.78, 5) is 4.12.